The Labute approximate surface area is 120 Å². The van der Waals surface area contributed by atoms with Gasteiger partial charge in [-0.25, -0.2) is 13.1 Å². The molecule has 0 unspecified atom stereocenters. The van der Waals surface area contributed by atoms with E-state index in [9.17, 15) is 8.42 Å². The maximum atomic E-state index is 12.4. The molecule has 0 aliphatic heterocycles. The van der Waals surface area contributed by atoms with E-state index in [1.165, 1.54) is 11.3 Å². The van der Waals surface area contributed by atoms with Crippen LogP contribution in [0.2, 0.25) is 0 Å². The SMILES string of the molecule is CCNCc1cc(S(=O)(=O)NC(C)(C)CC)c(C)s1. The quantitative estimate of drug-likeness (QED) is 0.814. The molecule has 0 aliphatic carbocycles. The molecular weight excluding hydrogens is 280 g/mol. The van der Waals surface area contributed by atoms with Crippen LogP contribution in [0.25, 0.3) is 0 Å². The van der Waals surface area contributed by atoms with E-state index in [0.717, 1.165) is 22.7 Å². The van der Waals surface area contributed by atoms with Gasteiger partial charge in [-0.05, 0) is 39.8 Å². The molecular formula is C13H24N2O2S2. The molecule has 0 aliphatic rings. The number of thiophene rings is 1. The smallest absolute Gasteiger partial charge is 0.242 e. The molecule has 0 saturated carbocycles. The fraction of sp³-hybridized carbons (Fsp3) is 0.692. The molecule has 0 spiro atoms. The number of hydrogen-bond donors (Lipinski definition) is 2. The minimum absolute atomic E-state index is 0.409. The van der Waals surface area contributed by atoms with Crippen LogP contribution in [0.3, 0.4) is 0 Å². The Kier molecular flexibility index (Phi) is 5.55. The topological polar surface area (TPSA) is 58.2 Å². The van der Waals surface area contributed by atoms with Gasteiger partial charge in [-0.2, -0.15) is 0 Å². The minimum atomic E-state index is -3.43. The summed E-state index contributed by atoms with van der Waals surface area (Å²) < 4.78 is 27.5. The lowest BCUT2D eigenvalue weighted by Gasteiger charge is -2.24. The standard InChI is InChI=1S/C13H24N2O2S2/c1-6-13(4,5)15-19(16,17)12-8-11(9-14-7-2)18-10(12)3/h8,14-15H,6-7,9H2,1-5H3. The van der Waals surface area contributed by atoms with Crippen LogP contribution in [-0.2, 0) is 16.6 Å². The highest BCUT2D eigenvalue weighted by molar-refractivity contribution is 7.89. The number of hydrogen-bond acceptors (Lipinski definition) is 4. The van der Waals surface area contributed by atoms with Gasteiger partial charge >= 0.3 is 0 Å². The third-order valence-corrected chi connectivity index (χ3v) is 6.06. The molecule has 1 rings (SSSR count). The van der Waals surface area contributed by atoms with Crippen LogP contribution in [-0.4, -0.2) is 20.5 Å². The van der Waals surface area contributed by atoms with E-state index in [0.29, 0.717) is 11.4 Å². The first kappa shape index (κ1) is 16.6. The summed E-state index contributed by atoms with van der Waals surface area (Å²) >= 11 is 1.53. The molecule has 0 saturated heterocycles. The molecule has 110 valence electrons. The van der Waals surface area contributed by atoms with Gasteiger partial charge in [-0.1, -0.05) is 13.8 Å². The van der Waals surface area contributed by atoms with E-state index in [-0.39, 0.29) is 0 Å². The zero-order valence-electron chi connectivity index (χ0n) is 12.3. The largest absolute Gasteiger partial charge is 0.312 e. The normalized spacial score (nSPS) is 12.9. The van der Waals surface area contributed by atoms with Crippen molar-refractivity contribution in [2.75, 3.05) is 6.54 Å². The highest BCUT2D eigenvalue weighted by Gasteiger charge is 2.27. The van der Waals surface area contributed by atoms with Crippen molar-refractivity contribution < 1.29 is 8.42 Å². The third-order valence-electron chi connectivity index (χ3n) is 3.06. The molecule has 0 bridgehead atoms. The highest BCUT2D eigenvalue weighted by atomic mass is 32.2. The molecule has 6 heteroatoms. The Bertz CT molecular complexity index is 519. The fourth-order valence-corrected chi connectivity index (χ4v) is 4.71. The Balaban J connectivity index is 2.98. The maximum Gasteiger partial charge on any atom is 0.242 e. The van der Waals surface area contributed by atoms with Gasteiger partial charge in [-0.3, -0.25) is 0 Å². The first-order valence-corrected chi connectivity index (χ1v) is 8.86. The molecule has 19 heavy (non-hydrogen) atoms. The van der Waals surface area contributed by atoms with E-state index < -0.39 is 15.6 Å². The predicted molar refractivity (Wildman–Crippen MR) is 81.1 cm³/mol. The van der Waals surface area contributed by atoms with Crippen LogP contribution in [0.5, 0.6) is 0 Å². The second kappa shape index (κ2) is 6.35. The van der Waals surface area contributed by atoms with E-state index in [2.05, 4.69) is 10.0 Å². The van der Waals surface area contributed by atoms with Gasteiger partial charge in [0.15, 0.2) is 0 Å². The number of aryl methyl sites for hydroxylation is 1. The molecule has 1 aromatic heterocycles. The summed E-state index contributed by atoms with van der Waals surface area (Å²) in [5.74, 6) is 0. The molecule has 4 nitrogen and oxygen atoms in total. The lowest BCUT2D eigenvalue weighted by Crippen LogP contribution is -2.42. The van der Waals surface area contributed by atoms with Gasteiger partial charge in [0.05, 0.1) is 4.90 Å². The zero-order chi connectivity index (χ0) is 14.7. The first-order chi connectivity index (χ1) is 8.72. The van der Waals surface area contributed by atoms with Gasteiger partial charge in [0, 0.05) is 21.8 Å². The molecule has 0 fully saturated rings. The summed E-state index contributed by atoms with van der Waals surface area (Å²) in [5, 5.41) is 3.21. The van der Waals surface area contributed by atoms with Crippen LogP contribution in [0.1, 0.15) is 43.9 Å². The minimum Gasteiger partial charge on any atom is -0.312 e. The molecule has 0 aromatic carbocycles. The van der Waals surface area contributed by atoms with Crippen LogP contribution >= 0.6 is 11.3 Å². The molecule has 1 aromatic rings. The Morgan fingerprint density at radius 1 is 1.32 bits per heavy atom. The van der Waals surface area contributed by atoms with Crippen LogP contribution in [0.15, 0.2) is 11.0 Å². The van der Waals surface area contributed by atoms with Crippen molar-refractivity contribution in [1.82, 2.24) is 10.0 Å². The summed E-state index contributed by atoms with van der Waals surface area (Å²) in [5.41, 5.74) is -0.422. The van der Waals surface area contributed by atoms with E-state index in [1.807, 2.05) is 34.6 Å². The highest BCUT2D eigenvalue weighted by Crippen LogP contribution is 2.27. The second-order valence-corrected chi connectivity index (χ2v) is 8.25. The van der Waals surface area contributed by atoms with Gasteiger partial charge in [0.25, 0.3) is 0 Å². The summed E-state index contributed by atoms with van der Waals surface area (Å²) in [4.78, 5) is 2.30. The summed E-state index contributed by atoms with van der Waals surface area (Å²) in [6.45, 7) is 11.2. The van der Waals surface area contributed by atoms with Crippen molar-refractivity contribution in [2.45, 2.75) is 58.0 Å². The number of sulfonamides is 1. The van der Waals surface area contributed by atoms with Crippen molar-refractivity contribution in [3.63, 3.8) is 0 Å². The monoisotopic (exact) mass is 304 g/mol. The summed E-state index contributed by atoms with van der Waals surface area (Å²) in [6, 6.07) is 1.77. The van der Waals surface area contributed by atoms with Crippen LogP contribution < -0.4 is 10.0 Å². The van der Waals surface area contributed by atoms with Gasteiger partial charge in [0.2, 0.25) is 10.0 Å². The third kappa shape index (κ3) is 4.56. The molecule has 0 amide bonds. The van der Waals surface area contributed by atoms with Crippen molar-refractivity contribution in [2.24, 2.45) is 0 Å². The summed E-state index contributed by atoms with van der Waals surface area (Å²) in [7, 11) is -3.43. The van der Waals surface area contributed by atoms with Crippen molar-refractivity contribution in [3.8, 4) is 0 Å². The molecule has 0 radical (unpaired) electrons. The van der Waals surface area contributed by atoms with Crippen molar-refractivity contribution in [1.29, 1.82) is 0 Å². The van der Waals surface area contributed by atoms with Crippen LogP contribution in [0.4, 0.5) is 0 Å². The maximum absolute atomic E-state index is 12.4. The lowest BCUT2D eigenvalue weighted by molar-refractivity contribution is 0.439. The predicted octanol–water partition coefficient (Wildman–Crippen LogP) is 2.63. The van der Waals surface area contributed by atoms with Gasteiger partial charge in [0.1, 0.15) is 0 Å². The molecule has 0 atom stereocenters. The lowest BCUT2D eigenvalue weighted by atomic mass is 10.0. The fourth-order valence-electron chi connectivity index (χ4n) is 1.62. The Morgan fingerprint density at radius 2 is 1.95 bits per heavy atom. The van der Waals surface area contributed by atoms with Crippen molar-refractivity contribution >= 4 is 21.4 Å². The van der Waals surface area contributed by atoms with E-state index >= 15 is 0 Å². The van der Waals surface area contributed by atoms with Gasteiger partial charge < -0.3 is 5.32 Å². The Morgan fingerprint density at radius 3 is 2.47 bits per heavy atom. The van der Waals surface area contributed by atoms with E-state index in [1.54, 1.807) is 6.07 Å². The van der Waals surface area contributed by atoms with E-state index in [4.69, 9.17) is 0 Å². The zero-order valence-corrected chi connectivity index (χ0v) is 14.0. The second-order valence-electron chi connectivity index (χ2n) is 5.26. The van der Waals surface area contributed by atoms with Gasteiger partial charge in [-0.15, -0.1) is 11.3 Å². The Hall–Kier alpha value is -0.430. The number of rotatable bonds is 7. The van der Waals surface area contributed by atoms with Crippen LogP contribution in [0, 0.1) is 6.92 Å². The average Bonchev–Trinajstić information content (AvgIpc) is 2.67. The summed E-state index contributed by atoms with van der Waals surface area (Å²) in [6.07, 6.45) is 0.750. The first-order valence-electron chi connectivity index (χ1n) is 6.56. The molecule has 1 heterocycles. The molecule has 2 N–H and O–H groups in total. The number of nitrogens with one attached hydrogen (secondary N) is 2. The average molecular weight is 304 g/mol. The van der Waals surface area contributed by atoms with Crippen molar-refractivity contribution in [3.05, 3.63) is 15.8 Å².